The van der Waals surface area contributed by atoms with Gasteiger partial charge in [0, 0.05) is 39.6 Å². The summed E-state index contributed by atoms with van der Waals surface area (Å²) in [5.41, 5.74) is 2.67. The molecule has 0 amide bonds. The predicted octanol–water partition coefficient (Wildman–Crippen LogP) is 0.316. The van der Waals surface area contributed by atoms with Crippen LogP contribution in [-0.2, 0) is 23.5 Å². The Labute approximate surface area is 136 Å². The summed E-state index contributed by atoms with van der Waals surface area (Å²) in [6.45, 7) is 6.16. The van der Waals surface area contributed by atoms with Crippen molar-refractivity contribution in [1.82, 2.24) is 24.1 Å². The van der Waals surface area contributed by atoms with Gasteiger partial charge in [0.25, 0.3) is 0 Å². The fourth-order valence-corrected chi connectivity index (χ4v) is 3.80. The van der Waals surface area contributed by atoms with Crippen LogP contribution in [0.15, 0.2) is 0 Å². The van der Waals surface area contributed by atoms with Gasteiger partial charge in [0.15, 0.2) is 5.82 Å². The van der Waals surface area contributed by atoms with Crippen LogP contribution in [0.3, 0.4) is 0 Å². The maximum absolute atomic E-state index is 11.7. The van der Waals surface area contributed by atoms with E-state index in [1.54, 1.807) is 0 Å². The van der Waals surface area contributed by atoms with Gasteiger partial charge in [-0.2, -0.15) is 9.40 Å². The fraction of sp³-hybridized carbons (Fsp3) is 0.643. The number of fused-ring (bicyclic) bond motifs is 1. The molecule has 1 saturated heterocycles. The monoisotopic (exact) mass is 338 g/mol. The number of anilines is 1. The lowest BCUT2D eigenvalue weighted by atomic mass is 10.3. The first kappa shape index (κ1) is 16.1. The average molecular weight is 338 g/mol. The molecule has 1 fully saturated rings. The van der Waals surface area contributed by atoms with Crippen molar-refractivity contribution in [3.05, 3.63) is 11.5 Å². The first-order valence-corrected chi connectivity index (χ1v) is 9.56. The molecule has 3 rings (SSSR count). The lowest BCUT2D eigenvalue weighted by molar-refractivity contribution is 0.387. The molecule has 0 bridgehead atoms. The highest BCUT2D eigenvalue weighted by atomic mass is 32.2. The van der Waals surface area contributed by atoms with Crippen molar-refractivity contribution in [3.8, 4) is 0 Å². The van der Waals surface area contributed by atoms with Crippen molar-refractivity contribution in [2.45, 2.75) is 20.3 Å². The van der Waals surface area contributed by atoms with E-state index in [2.05, 4.69) is 15.0 Å². The molecule has 8 nitrogen and oxygen atoms in total. The third-order valence-electron chi connectivity index (χ3n) is 4.20. The number of nitrogens with zero attached hydrogens (tertiary/aromatic N) is 6. The molecular formula is C14H22N6O2S. The van der Waals surface area contributed by atoms with Gasteiger partial charge < -0.3 is 4.90 Å². The Balaban J connectivity index is 2.00. The molecule has 2 aromatic rings. The molecule has 0 N–H and O–H groups in total. The number of aryl methyl sites for hydroxylation is 3. The highest BCUT2D eigenvalue weighted by molar-refractivity contribution is 7.88. The lowest BCUT2D eigenvalue weighted by Crippen LogP contribution is -2.48. The van der Waals surface area contributed by atoms with Gasteiger partial charge in [-0.1, -0.05) is 6.92 Å². The van der Waals surface area contributed by atoms with E-state index in [9.17, 15) is 8.42 Å². The molecule has 1 aliphatic rings. The molecule has 0 saturated carbocycles. The van der Waals surface area contributed by atoms with Gasteiger partial charge in [-0.25, -0.2) is 18.4 Å². The van der Waals surface area contributed by atoms with Crippen molar-refractivity contribution >= 4 is 26.9 Å². The smallest absolute Gasteiger partial charge is 0.211 e. The van der Waals surface area contributed by atoms with Crippen LogP contribution in [0.1, 0.15) is 18.4 Å². The SMILES string of the molecule is CCc1nc(N2CCN(S(C)(=O)=O)CC2)c2c(n1)c(C)nn2C. The van der Waals surface area contributed by atoms with E-state index < -0.39 is 10.0 Å². The van der Waals surface area contributed by atoms with Gasteiger partial charge in [-0.15, -0.1) is 0 Å². The van der Waals surface area contributed by atoms with Gasteiger partial charge >= 0.3 is 0 Å². The molecule has 0 aliphatic carbocycles. The zero-order valence-electron chi connectivity index (χ0n) is 13.9. The third kappa shape index (κ3) is 2.90. The van der Waals surface area contributed by atoms with Gasteiger partial charge in [0.2, 0.25) is 10.0 Å². The summed E-state index contributed by atoms with van der Waals surface area (Å²) in [5, 5.41) is 4.46. The van der Waals surface area contributed by atoms with E-state index in [0.29, 0.717) is 26.2 Å². The number of aromatic nitrogens is 4. The maximum Gasteiger partial charge on any atom is 0.211 e. The summed E-state index contributed by atoms with van der Waals surface area (Å²) < 4.78 is 26.7. The van der Waals surface area contributed by atoms with Gasteiger partial charge in [-0.05, 0) is 6.92 Å². The second-order valence-electron chi connectivity index (χ2n) is 5.87. The van der Waals surface area contributed by atoms with Crippen molar-refractivity contribution in [2.75, 3.05) is 37.3 Å². The van der Waals surface area contributed by atoms with Crippen LogP contribution in [0, 0.1) is 6.92 Å². The van der Waals surface area contributed by atoms with Crippen molar-refractivity contribution in [1.29, 1.82) is 0 Å². The first-order chi connectivity index (χ1) is 10.8. The van der Waals surface area contributed by atoms with E-state index in [-0.39, 0.29) is 0 Å². The summed E-state index contributed by atoms with van der Waals surface area (Å²) in [5.74, 6) is 1.64. The number of hydrogen-bond donors (Lipinski definition) is 0. The van der Waals surface area contributed by atoms with Crippen LogP contribution >= 0.6 is 0 Å². The standard InChI is InChI=1S/C14H22N6O2S/c1-5-11-15-12-10(2)17-18(3)13(12)14(16-11)19-6-8-20(9-7-19)23(4,21)22/h5-9H2,1-4H3. The second kappa shape index (κ2) is 5.72. The molecule has 1 aliphatic heterocycles. The van der Waals surface area contributed by atoms with Crippen molar-refractivity contribution in [2.24, 2.45) is 7.05 Å². The molecule has 0 unspecified atom stereocenters. The average Bonchev–Trinajstić information content (AvgIpc) is 2.80. The molecule has 0 radical (unpaired) electrons. The van der Waals surface area contributed by atoms with Crippen LogP contribution in [0.5, 0.6) is 0 Å². The van der Waals surface area contributed by atoms with Crippen LogP contribution in [0.2, 0.25) is 0 Å². The summed E-state index contributed by atoms with van der Waals surface area (Å²) >= 11 is 0. The van der Waals surface area contributed by atoms with E-state index in [1.165, 1.54) is 10.6 Å². The fourth-order valence-electron chi connectivity index (χ4n) is 2.97. The molecule has 0 spiro atoms. The molecular weight excluding hydrogens is 316 g/mol. The molecule has 126 valence electrons. The topological polar surface area (TPSA) is 84.2 Å². The number of hydrogen-bond acceptors (Lipinski definition) is 6. The Morgan fingerprint density at radius 2 is 1.78 bits per heavy atom. The van der Waals surface area contributed by atoms with E-state index >= 15 is 0 Å². The minimum atomic E-state index is -3.13. The predicted molar refractivity (Wildman–Crippen MR) is 89.0 cm³/mol. The highest BCUT2D eigenvalue weighted by Crippen LogP contribution is 2.26. The van der Waals surface area contributed by atoms with Crippen LogP contribution in [0.4, 0.5) is 5.82 Å². The molecule has 9 heteroatoms. The van der Waals surface area contributed by atoms with Crippen LogP contribution in [0.25, 0.3) is 11.0 Å². The van der Waals surface area contributed by atoms with Crippen LogP contribution < -0.4 is 4.90 Å². The van der Waals surface area contributed by atoms with E-state index in [4.69, 9.17) is 4.98 Å². The molecule has 3 heterocycles. The maximum atomic E-state index is 11.7. The zero-order valence-corrected chi connectivity index (χ0v) is 14.8. The van der Waals surface area contributed by atoms with Gasteiger partial charge in [-0.3, -0.25) is 4.68 Å². The largest absolute Gasteiger partial charge is 0.352 e. The summed E-state index contributed by atoms with van der Waals surface area (Å²) in [4.78, 5) is 11.4. The first-order valence-electron chi connectivity index (χ1n) is 7.71. The summed E-state index contributed by atoms with van der Waals surface area (Å²) in [6, 6.07) is 0. The minimum Gasteiger partial charge on any atom is -0.352 e. The number of piperazine rings is 1. The second-order valence-corrected chi connectivity index (χ2v) is 7.85. The molecule has 0 atom stereocenters. The van der Waals surface area contributed by atoms with Crippen molar-refractivity contribution < 1.29 is 8.42 Å². The van der Waals surface area contributed by atoms with E-state index in [1.807, 2.05) is 25.6 Å². The molecule has 23 heavy (non-hydrogen) atoms. The van der Waals surface area contributed by atoms with E-state index in [0.717, 1.165) is 34.8 Å². The highest BCUT2D eigenvalue weighted by Gasteiger charge is 2.26. The van der Waals surface area contributed by atoms with Gasteiger partial charge in [0.1, 0.15) is 16.9 Å². The third-order valence-corrected chi connectivity index (χ3v) is 5.50. The summed E-state index contributed by atoms with van der Waals surface area (Å²) in [7, 11) is -1.25. The Kier molecular flexibility index (Phi) is 4.01. The number of sulfonamides is 1. The Morgan fingerprint density at radius 3 is 2.35 bits per heavy atom. The number of rotatable bonds is 3. The quantitative estimate of drug-likeness (QED) is 0.801. The van der Waals surface area contributed by atoms with Crippen molar-refractivity contribution in [3.63, 3.8) is 0 Å². The Hall–Kier alpha value is -1.74. The lowest BCUT2D eigenvalue weighted by Gasteiger charge is -2.34. The molecule has 2 aromatic heterocycles. The Morgan fingerprint density at radius 1 is 1.13 bits per heavy atom. The minimum absolute atomic E-state index is 0.475. The Bertz CT molecular complexity index is 837. The van der Waals surface area contributed by atoms with Crippen LogP contribution in [-0.4, -0.2) is 64.9 Å². The zero-order chi connectivity index (χ0) is 16.8. The van der Waals surface area contributed by atoms with Gasteiger partial charge in [0.05, 0.1) is 11.9 Å². The summed E-state index contributed by atoms with van der Waals surface area (Å²) in [6.07, 6.45) is 2.01. The molecule has 0 aromatic carbocycles. The normalized spacial score (nSPS) is 17.1.